The van der Waals surface area contributed by atoms with Gasteiger partial charge in [-0.25, -0.2) is 0 Å². The third kappa shape index (κ3) is 3.69. The Morgan fingerprint density at radius 2 is 1.91 bits per heavy atom. The van der Waals surface area contributed by atoms with Crippen LogP contribution in [0.5, 0.6) is 0 Å². The van der Waals surface area contributed by atoms with Crippen LogP contribution in [-0.4, -0.2) is 46.6 Å². The zero-order valence-electron chi connectivity index (χ0n) is 18.5. The number of hydrogen-bond acceptors (Lipinski definition) is 3. The molecule has 0 aliphatic carbocycles. The van der Waals surface area contributed by atoms with Gasteiger partial charge in [0.25, 0.3) is 5.91 Å². The van der Waals surface area contributed by atoms with Gasteiger partial charge in [-0.05, 0) is 49.1 Å². The number of carbonyl (C=O) groups is 2. The van der Waals surface area contributed by atoms with Crippen molar-refractivity contribution in [3.8, 4) is 0 Å². The van der Waals surface area contributed by atoms with E-state index in [-0.39, 0.29) is 11.8 Å². The van der Waals surface area contributed by atoms with E-state index >= 15 is 0 Å². The van der Waals surface area contributed by atoms with E-state index in [1.807, 2.05) is 29.2 Å². The summed E-state index contributed by atoms with van der Waals surface area (Å²) < 4.78 is 7.76. The van der Waals surface area contributed by atoms with Gasteiger partial charge in [0.1, 0.15) is 0 Å². The van der Waals surface area contributed by atoms with Gasteiger partial charge < -0.3 is 19.5 Å². The maximum Gasteiger partial charge on any atom is 0.254 e. The zero-order chi connectivity index (χ0) is 22.1. The number of aromatic nitrogens is 1. The highest BCUT2D eigenvalue weighted by Crippen LogP contribution is 2.38. The van der Waals surface area contributed by atoms with E-state index in [0.717, 1.165) is 11.1 Å². The van der Waals surface area contributed by atoms with Crippen LogP contribution in [0.4, 0.5) is 0 Å². The fourth-order valence-electron chi connectivity index (χ4n) is 5.18. The van der Waals surface area contributed by atoms with Crippen LogP contribution in [0.2, 0.25) is 0 Å². The average Bonchev–Trinajstić information content (AvgIpc) is 3.37. The number of nitrogens with zero attached hydrogens (tertiary/aromatic N) is 2. The Morgan fingerprint density at radius 1 is 1.09 bits per heavy atom. The lowest BCUT2D eigenvalue weighted by Crippen LogP contribution is -2.54. The van der Waals surface area contributed by atoms with Gasteiger partial charge in [-0.1, -0.05) is 30.3 Å². The van der Waals surface area contributed by atoms with Gasteiger partial charge in [0, 0.05) is 55.5 Å². The molecule has 2 amide bonds. The van der Waals surface area contributed by atoms with Crippen LogP contribution in [0.3, 0.4) is 0 Å². The van der Waals surface area contributed by atoms with Crippen molar-refractivity contribution < 1.29 is 14.3 Å². The van der Waals surface area contributed by atoms with E-state index in [4.69, 9.17) is 4.74 Å². The lowest BCUT2D eigenvalue weighted by molar-refractivity contribution is -0.125. The third-order valence-electron chi connectivity index (χ3n) is 7.01. The van der Waals surface area contributed by atoms with Crippen molar-refractivity contribution in [2.24, 2.45) is 0 Å². The van der Waals surface area contributed by atoms with Crippen LogP contribution in [0, 0.1) is 6.92 Å². The topological polar surface area (TPSA) is 63.6 Å². The molecule has 0 bridgehead atoms. The highest BCUT2D eigenvalue weighted by molar-refractivity contribution is 5.99. The van der Waals surface area contributed by atoms with Crippen molar-refractivity contribution in [3.05, 3.63) is 71.4 Å². The Hall–Kier alpha value is -3.12. The monoisotopic (exact) mass is 431 g/mol. The maximum atomic E-state index is 13.2. The fraction of sp³-hybridized carbons (Fsp3) is 0.385. The molecule has 1 aromatic heterocycles. The number of rotatable bonds is 6. The molecule has 6 nitrogen and oxygen atoms in total. The first-order valence-electron chi connectivity index (χ1n) is 11.4. The van der Waals surface area contributed by atoms with Crippen LogP contribution >= 0.6 is 0 Å². The number of ether oxygens (including phenoxy) is 1. The highest BCUT2D eigenvalue weighted by Gasteiger charge is 2.45. The summed E-state index contributed by atoms with van der Waals surface area (Å²) in [6, 6.07) is 16.2. The van der Waals surface area contributed by atoms with Crippen molar-refractivity contribution in [1.82, 2.24) is 14.8 Å². The molecule has 2 aliphatic heterocycles. The summed E-state index contributed by atoms with van der Waals surface area (Å²) in [5.74, 6) is 0.0211. The van der Waals surface area contributed by atoms with Gasteiger partial charge in [-0.3, -0.25) is 9.59 Å². The predicted octanol–water partition coefficient (Wildman–Crippen LogP) is 3.66. The number of aryl methyl sites for hydroxylation is 1. The Kier molecular flexibility index (Phi) is 5.47. The molecule has 0 atom stereocenters. The van der Waals surface area contributed by atoms with Crippen molar-refractivity contribution in [3.63, 3.8) is 0 Å². The van der Waals surface area contributed by atoms with Crippen LogP contribution in [-0.2, 0) is 22.6 Å². The summed E-state index contributed by atoms with van der Waals surface area (Å²) in [5, 5.41) is 4.34. The van der Waals surface area contributed by atoms with E-state index in [0.29, 0.717) is 52.1 Å². The van der Waals surface area contributed by atoms with Gasteiger partial charge in [-0.15, -0.1) is 0 Å². The van der Waals surface area contributed by atoms with Gasteiger partial charge in [0.05, 0.1) is 12.0 Å². The van der Waals surface area contributed by atoms with E-state index in [1.54, 1.807) is 0 Å². The number of amides is 2. The number of benzene rings is 2. The van der Waals surface area contributed by atoms with Gasteiger partial charge >= 0.3 is 0 Å². The summed E-state index contributed by atoms with van der Waals surface area (Å²) >= 11 is 0. The molecule has 3 heterocycles. The number of carbonyl (C=O) groups excluding carboxylic acids is 2. The molecule has 0 saturated carbocycles. The highest BCUT2D eigenvalue weighted by atomic mass is 16.5. The largest absolute Gasteiger partial charge is 0.381 e. The lowest BCUT2D eigenvalue weighted by atomic mass is 9.84. The molecule has 5 rings (SSSR count). The summed E-state index contributed by atoms with van der Waals surface area (Å²) in [4.78, 5) is 28.1. The quantitative estimate of drug-likeness (QED) is 0.648. The molecule has 0 radical (unpaired) electrons. The smallest absolute Gasteiger partial charge is 0.254 e. The lowest BCUT2D eigenvalue weighted by Gasteiger charge is -2.44. The SMILES string of the molecule is Cc1cccc2c1ccn2CCNC(=O)CC1(N2Cc3ccccc3C2=O)CCOCC1. The Bertz CT molecular complexity index is 1160. The second kappa shape index (κ2) is 8.43. The van der Waals surface area contributed by atoms with Crippen LogP contribution in [0.25, 0.3) is 10.9 Å². The van der Waals surface area contributed by atoms with Crippen molar-refractivity contribution >= 4 is 22.7 Å². The molecule has 1 saturated heterocycles. The summed E-state index contributed by atoms with van der Waals surface area (Å²) in [5.41, 5.74) is 3.74. The predicted molar refractivity (Wildman–Crippen MR) is 123 cm³/mol. The minimum absolute atomic E-state index is 0.0108. The maximum absolute atomic E-state index is 13.2. The molecule has 0 spiro atoms. The minimum atomic E-state index is -0.490. The normalized spacial score (nSPS) is 17.5. The molecule has 2 aromatic carbocycles. The standard InChI is InChI=1S/C26H29N3O3/c1-19-5-4-8-23-21(19)9-13-28(23)14-12-27-24(30)17-26(10-15-32-16-11-26)29-18-20-6-2-3-7-22(20)25(29)31/h2-9,13H,10-12,14-18H2,1H3,(H,27,30). The zero-order valence-corrected chi connectivity index (χ0v) is 18.5. The Balaban J connectivity index is 1.26. The first-order valence-corrected chi connectivity index (χ1v) is 11.4. The van der Waals surface area contributed by atoms with Crippen molar-refractivity contribution in [2.75, 3.05) is 19.8 Å². The van der Waals surface area contributed by atoms with E-state index in [1.165, 1.54) is 16.5 Å². The van der Waals surface area contributed by atoms with Crippen LogP contribution in [0.1, 0.15) is 40.7 Å². The second-order valence-electron chi connectivity index (χ2n) is 8.93. The average molecular weight is 432 g/mol. The molecule has 6 heteroatoms. The van der Waals surface area contributed by atoms with Crippen LogP contribution in [0.15, 0.2) is 54.7 Å². The van der Waals surface area contributed by atoms with Gasteiger partial charge in [0.2, 0.25) is 5.91 Å². The second-order valence-corrected chi connectivity index (χ2v) is 8.93. The van der Waals surface area contributed by atoms with Gasteiger partial charge in [-0.2, -0.15) is 0 Å². The molecule has 0 unspecified atom stereocenters. The number of fused-ring (bicyclic) bond motifs is 2. The fourth-order valence-corrected chi connectivity index (χ4v) is 5.18. The van der Waals surface area contributed by atoms with Gasteiger partial charge in [0.15, 0.2) is 0 Å². The summed E-state index contributed by atoms with van der Waals surface area (Å²) in [6.45, 7) is 5.08. The molecule has 3 aromatic rings. The minimum Gasteiger partial charge on any atom is -0.381 e. The van der Waals surface area contributed by atoms with E-state index in [2.05, 4.69) is 47.3 Å². The Labute approximate surface area is 188 Å². The Morgan fingerprint density at radius 3 is 2.72 bits per heavy atom. The molecular formula is C26H29N3O3. The summed E-state index contributed by atoms with van der Waals surface area (Å²) in [6.07, 6.45) is 3.74. The van der Waals surface area contributed by atoms with E-state index < -0.39 is 5.54 Å². The molecule has 2 aliphatic rings. The van der Waals surface area contributed by atoms with Crippen molar-refractivity contribution in [1.29, 1.82) is 0 Å². The van der Waals surface area contributed by atoms with E-state index in [9.17, 15) is 9.59 Å². The summed E-state index contributed by atoms with van der Waals surface area (Å²) in [7, 11) is 0. The third-order valence-corrected chi connectivity index (χ3v) is 7.01. The van der Waals surface area contributed by atoms with Crippen LogP contribution < -0.4 is 5.32 Å². The molecule has 32 heavy (non-hydrogen) atoms. The van der Waals surface area contributed by atoms with Crippen molar-refractivity contribution in [2.45, 2.75) is 44.8 Å². The molecule has 1 N–H and O–H groups in total. The first kappa shape index (κ1) is 20.8. The molecule has 1 fully saturated rings. The first-order chi connectivity index (χ1) is 15.6. The number of hydrogen-bond donors (Lipinski definition) is 1. The molecular weight excluding hydrogens is 402 g/mol. The molecule has 166 valence electrons. The number of nitrogens with one attached hydrogen (secondary N) is 1.